The van der Waals surface area contributed by atoms with Gasteiger partial charge in [-0.05, 0) is 24.9 Å². The molecule has 0 amide bonds. The highest BCUT2D eigenvalue weighted by Crippen LogP contribution is 2.12. The minimum atomic E-state index is -0.747. The molecule has 4 nitrogen and oxygen atoms in total. The van der Waals surface area contributed by atoms with Gasteiger partial charge in [-0.1, -0.05) is 30.3 Å². The molecule has 1 aliphatic heterocycles. The van der Waals surface area contributed by atoms with Crippen LogP contribution in [0.2, 0.25) is 0 Å². The number of rotatable bonds is 6. The third kappa shape index (κ3) is 4.65. The molecule has 1 atom stereocenters. The topological polar surface area (TPSA) is 49.8 Å². The highest BCUT2D eigenvalue weighted by Gasteiger charge is 2.24. The first kappa shape index (κ1) is 14.0. The van der Waals surface area contributed by atoms with Crippen molar-refractivity contribution in [1.29, 1.82) is 0 Å². The molecule has 0 spiro atoms. The summed E-state index contributed by atoms with van der Waals surface area (Å²) in [4.78, 5) is 13.1. The lowest BCUT2D eigenvalue weighted by atomic mass is 10.1. The summed E-state index contributed by atoms with van der Waals surface area (Å²) in [6, 6.07) is 10.4. The van der Waals surface area contributed by atoms with Gasteiger partial charge in [0.25, 0.3) is 0 Å². The van der Waals surface area contributed by atoms with Gasteiger partial charge in [0.2, 0.25) is 0 Å². The van der Waals surface area contributed by atoms with Gasteiger partial charge in [0, 0.05) is 12.6 Å². The molecule has 104 valence electrons. The van der Waals surface area contributed by atoms with Crippen molar-refractivity contribution in [3.63, 3.8) is 0 Å². The Bertz CT molecular complexity index is 394. The Morgan fingerprint density at radius 2 is 2.16 bits per heavy atom. The number of carboxylic acid groups (broad SMARTS) is 1. The number of nitrogens with zero attached hydrogens (tertiary/aromatic N) is 1. The number of ether oxygens (including phenoxy) is 1. The Morgan fingerprint density at radius 1 is 1.37 bits per heavy atom. The number of morpholine rings is 1. The fourth-order valence-corrected chi connectivity index (χ4v) is 2.50. The Kier molecular flexibility index (Phi) is 5.36. The van der Waals surface area contributed by atoms with Crippen molar-refractivity contribution in [3.05, 3.63) is 35.9 Å². The Balaban J connectivity index is 1.78. The monoisotopic (exact) mass is 263 g/mol. The van der Waals surface area contributed by atoms with E-state index in [2.05, 4.69) is 29.2 Å². The maximum absolute atomic E-state index is 10.8. The molecule has 1 aromatic rings. The zero-order chi connectivity index (χ0) is 13.5. The van der Waals surface area contributed by atoms with Crippen molar-refractivity contribution in [2.24, 2.45) is 0 Å². The summed E-state index contributed by atoms with van der Waals surface area (Å²) in [5.41, 5.74) is 1.34. The van der Waals surface area contributed by atoms with Crippen molar-refractivity contribution in [2.45, 2.75) is 25.3 Å². The minimum absolute atomic E-state index is 0.0297. The molecule has 1 unspecified atom stereocenters. The number of hydrogen-bond donors (Lipinski definition) is 1. The maximum atomic E-state index is 10.8. The fourth-order valence-electron chi connectivity index (χ4n) is 2.50. The largest absolute Gasteiger partial charge is 0.481 e. The van der Waals surface area contributed by atoms with E-state index < -0.39 is 5.97 Å². The number of benzene rings is 1. The Labute approximate surface area is 114 Å². The van der Waals surface area contributed by atoms with E-state index in [4.69, 9.17) is 9.84 Å². The Morgan fingerprint density at radius 3 is 2.89 bits per heavy atom. The van der Waals surface area contributed by atoms with Crippen LogP contribution in [0.25, 0.3) is 0 Å². The van der Waals surface area contributed by atoms with Gasteiger partial charge < -0.3 is 9.84 Å². The molecule has 1 N–H and O–H groups in total. The lowest BCUT2D eigenvalue weighted by Gasteiger charge is -2.34. The summed E-state index contributed by atoms with van der Waals surface area (Å²) in [7, 11) is 0. The summed E-state index contributed by atoms with van der Waals surface area (Å²) in [6.07, 6.45) is 2.27. The van der Waals surface area contributed by atoms with Gasteiger partial charge in [0.15, 0.2) is 0 Å². The van der Waals surface area contributed by atoms with Crippen LogP contribution in [-0.2, 0) is 16.0 Å². The molecule has 1 fully saturated rings. The lowest BCUT2D eigenvalue weighted by molar-refractivity contribution is -0.140. The number of carbonyl (C=O) groups is 1. The zero-order valence-electron chi connectivity index (χ0n) is 11.1. The summed E-state index contributed by atoms with van der Waals surface area (Å²) >= 11 is 0. The SMILES string of the molecule is O=C(O)CC1COCCN1CCCc1ccccc1. The van der Waals surface area contributed by atoms with E-state index >= 15 is 0 Å². The van der Waals surface area contributed by atoms with Crippen LogP contribution in [-0.4, -0.2) is 48.3 Å². The van der Waals surface area contributed by atoms with E-state index in [9.17, 15) is 4.79 Å². The second-order valence-corrected chi connectivity index (χ2v) is 4.95. The Hall–Kier alpha value is -1.39. The number of aryl methyl sites for hydroxylation is 1. The molecule has 1 aliphatic rings. The van der Waals surface area contributed by atoms with E-state index in [1.54, 1.807) is 0 Å². The first-order valence-corrected chi connectivity index (χ1v) is 6.83. The molecule has 19 heavy (non-hydrogen) atoms. The molecule has 0 saturated carbocycles. The van der Waals surface area contributed by atoms with E-state index in [-0.39, 0.29) is 12.5 Å². The normalized spacial score (nSPS) is 20.3. The second-order valence-electron chi connectivity index (χ2n) is 4.95. The highest BCUT2D eigenvalue weighted by atomic mass is 16.5. The van der Waals surface area contributed by atoms with Gasteiger partial charge in [0.05, 0.1) is 19.6 Å². The molecule has 1 aromatic carbocycles. The summed E-state index contributed by atoms with van der Waals surface area (Å²) in [5.74, 6) is -0.747. The number of hydrogen-bond acceptors (Lipinski definition) is 3. The predicted octanol–water partition coefficient (Wildman–Crippen LogP) is 1.79. The van der Waals surface area contributed by atoms with E-state index in [1.165, 1.54) is 5.56 Å². The maximum Gasteiger partial charge on any atom is 0.305 e. The van der Waals surface area contributed by atoms with Gasteiger partial charge in [-0.25, -0.2) is 0 Å². The van der Waals surface area contributed by atoms with E-state index in [1.807, 2.05) is 6.07 Å². The van der Waals surface area contributed by atoms with Gasteiger partial charge in [-0.2, -0.15) is 0 Å². The third-order valence-electron chi connectivity index (χ3n) is 3.51. The van der Waals surface area contributed by atoms with Crippen molar-refractivity contribution in [2.75, 3.05) is 26.3 Å². The van der Waals surface area contributed by atoms with Crippen LogP contribution in [0.1, 0.15) is 18.4 Å². The summed E-state index contributed by atoms with van der Waals surface area (Å²) in [5, 5.41) is 8.90. The number of carboxylic acids is 1. The molecule has 0 bridgehead atoms. The average Bonchev–Trinajstić information content (AvgIpc) is 2.41. The van der Waals surface area contributed by atoms with Gasteiger partial charge in [-0.3, -0.25) is 9.69 Å². The van der Waals surface area contributed by atoms with Crippen LogP contribution in [0, 0.1) is 0 Å². The molecule has 0 radical (unpaired) electrons. The number of aliphatic carboxylic acids is 1. The van der Waals surface area contributed by atoms with Crippen molar-refractivity contribution in [1.82, 2.24) is 4.90 Å². The highest BCUT2D eigenvalue weighted by molar-refractivity contribution is 5.67. The van der Waals surface area contributed by atoms with Crippen molar-refractivity contribution < 1.29 is 14.6 Å². The van der Waals surface area contributed by atoms with Gasteiger partial charge in [0.1, 0.15) is 0 Å². The summed E-state index contributed by atoms with van der Waals surface area (Å²) in [6.45, 7) is 3.03. The molecule has 4 heteroatoms. The third-order valence-corrected chi connectivity index (χ3v) is 3.51. The van der Waals surface area contributed by atoms with Crippen molar-refractivity contribution in [3.8, 4) is 0 Å². The minimum Gasteiger partial charge on any atom is -0.481 e. The van der Waals surface area contributed by atoms with E-state index in [0.717, 1.165) is 25.9 Å². The standard InChI is InChI=1S/C15H21NO3/c17-15(18)11-14-12-19-10-9-16(14)8-4-7-13-5-2-1-3-6-13/h1-3,5-6,14H,4,7-12H2,(H,17,18). The fraction of sp³-hybridized carbons (Fsp3) is 0.533. The van der Waals surface area contributed by atoms with Crippen LogP contribution >= 0.6 is 0 Å². The van der Waals surface area contributed by atoms with Crippen LogP contribution in [0.4, 0.5) is 0 Å². The molecule has 1 saturated heterocycles. The predicted molar refractivity (Wildman–Crippen MR) is 73.2 cm³/mol. The second kappa shape index (κ2) is 7.26. The first-order valence-electron chi connectivity index (χ1n) is 6.83. The smallest absolute Gasteiger partial charge is 0.305 e. The van der Waals surface area contributed by atoms with Gasteiger partial charge in [-0.15, -0.1) is 0 Å². The van der Waals surface area contributed by atoms with Crippen LogP contribution in [0.15, 0.2) is 30.3 Å². The first-order chi connectivity index (χ1) is 9.25. The van der Waals surface area contributed by atoms with Crippen LogP contribution in [0.3, 0.4) is 0 Å². The van der Waals surface area contributed by atoms with Gasteiger partial charge >= 0.3 is 5.97 Å². The summed E-state index contributed by atoms with van der Waals surface area (Å²) < 4.78 is 5.37. The van der Waals surface area contributed by atoms with Crippen LogP contribution < -0.4 is 0 Å². The van der Waals surface area contributed by atoms with Crippen molar-refractivity contribution >= 4 is 5.97 Å². The quantitative estimate of drug-likeness (QED) is 0.850. The molecule has 0 aliphatic carbocycles. The molecular formula is C15H21NO3. The lowest BCUT2D eigenvalue weighted by Crippen LogP contribution is -2.46. The molecule has 1 heterocycles. The molecule has 0 aromatic heterocycles. The molecular weight excluding hydrogens is 242 g/mol. The van der Waals surface area contributed by atoms with E-state index in [0.29, 0.717) is 13.2 Å². The average molecular weight is 263 g/mol. The molecule has 2 rings (SSSR count). The van der Waals surface area contributed by atoms with Crippen LogP contribution in [0.5, 0.6) is 0 Å². The zero-order valence-corrected chi connectivity index (χ0v) is 11.1.